The molecule has 1 aliphatic rings. The molecule has 112 valence electrons. The summed E-state index contributed by atoms with van der Waals surface area (Å²) in [5.41, 5.74) is 0.426. The van der Waals surface area contributed by atoms with Crippen molar-refractivity contribution >= 4 is 17.0 Å². The molecule has 1 saturated carbocycles. The molecular weight excluding hydrogens is 271 g/mol. The molecule has 0 N–H and O–H groups in total. The van der Waals surface area contributed by atoms with Crippen LogP contribution in [0.1, 0.15) is 38.9 Å². The summed E-state index contributed by atoms with van der Waals surface area (Å²) in [5, 5.41) is 0. The van der Waals surface area contributed by atoms with Crippen LogP contribution in [0.15, 0.2) is 18.2 Å². The summed E-state index contributed by atoms with van der Waals surface area (Å²) in [5.74, 6) is 0.0734. The van der Waals surface area contributed by atoms with Gasteiger partial charge in [-0.25, -0.2) is 9.37 Å². The van der Waals surface area contributed by atoms with Gasteiger partial charge in [0, 0.05) is 6.54 Å². The van der Waals surface area contributed by atoms with Crippen LogP contribution in [0.4, 0.5) is 4.39 Å². The van der Waals surface area contributed by atoms with E-state index in [-0.39, 0.29) is 11.8 Å². The van der Waals surface area contributed by atoms with Crippen molar-refractivity contribution < 1.29 is 13.9 Å². The zero-order valence-corrected chi connectivity index (χ0v) is 12.4. The Balaban J connectivity index is 2.16. The topological polar surface area (TPSA) is 44.1 Å². The Bertz CT molecular complexity index is 689. The Hall–Kier alpha value is -1.91. The fraction of sp³-hybridized carbons (Fsp3) is 0.500. The number of rotatable bonds is 5. The summed E-state index contributed by atoms with van der Waals surface area (Å²) >= 11 is 0. The highest BCUT2D eigenvalue weighted by molar-refractivity contribution is 5.87. The molecule has 0 spiro atoms. The summed E-state index contributed by atoms with van der Waals surface area (Å²) in [6.07, 6.45) is 2.34. The molecule has 0 saturated heterocycles. The molecule has 1 fully saturated rings. The second-order valence-electron chi connectivity index (χ2n) is 5.50. The van der Waals surface area contributed by atoms with Gasteiger partial charge in [-0.15, -0.1) is 0 Å². The van der Waals surface area contributed by atoms with Crippen LogP contribution < -0.4 is 0 Å². The van der Waals surface area contributed by atoms with Crippen molar-refractivity contribution in [2.45, 2.75) is 45.1 Å². The first-order valence-corrected chi connectivity index (χ1v) is 7.46. The third kappa shape index (κ3) is 2.11. The number of benzene rings is 1. The van der Waals surface area contributed by atoms with E-state index in [4.69, 9.17) is 4.74 Å². The number of para-hydroxylation sites is 1. The first-order chi connectivity index (χ1) is 10.1. The van der Waals surface area contributed by atoms with Crippen LogP contribution in [0.5, 0.6) is 0 Å². The largest absolute Gasteiger partial charge is 0.465 e. The molecule has 0 aliphatic heterocycles. The molecule has 5 heteroatoms. The van der Waals surface area contributed by atoms with Crippen LogP contribution in [0.3, 0.4) is 0 Å². The van der Waals surface area contributed by atoms with Gasteiger partial charge in [0.2, 0.25) is 0 Å². The minimum Gasteiger partial charge on any atom is -0.465 e. The Morgan fingerprint density at radius 3 is 2.81 bits per heavy atom. The average molecular weight is 290 g/mol. The molecule has 4 nitrogen and oxygen atoms in total. The van der Waals surface area contributed by atoms with Crippen molar-refractivity contribution in [3.63, 3.8) is 0 Å². The van der Waals surface area contributed by atoms with Crippen molar-refractivity contribution in [2.75, 3.05) is 6.61 Å². The van der Waals surface area contributed by atoms with E-state index in [0.717, 1.165) is 31.3 Å². The minimum absolute atomic E-state index is 0.238. The Labute approximate surface area is 122 Å². The molecule has 21 heavy (non-hydrogen) atoms. The molecule has 2 aromatic rings. The molecule has 0 unspecified atom stereocenters. The van der Waals surface area contributed by atoms with E-state index in [9.17, 15) is 9.18 Å². The summed E-state index contributed by atoms with van der Waals surface area (Å²) in [6.45, 7) is 4.92. The first-order valence-electron chi connectivity index (χ1n) is 7.46. The number of hydrogen-bond donors (Lipinski definition) is 0. The van der Waals surface area contributed by atoms with Gasteiger partial charge in [-0.05, 0) is 38.3 Å². The number of carbonyl (C=O) groups excluding carboxylic acids is 1. The second-order valence-corrected chi connectivity index (χ2v) is 5.50. The summed E-state index contributed by atoms with van der Waals surface area (Å²) in [7, 11) is 0. The summed E-state index contributed by atoms with van der Waals surface area (Å²) in [4.78, 5) is 16.7. The third-order valence-electron chi connectivity index (χ3n) is 4.02. The lowest BCUT2D eigenvalue weighted by Crippen LogP contribution is -2.27. The maximum atomic E-state index is 14.0. The predicted molar refractivity (Wildman–Crippen MR) is 77.5 cm³/mol. The van der Waals surface area contributed by atoms with Crippen molar-refractivity contribution in [1.82, 2.24) is 9.55 Å². The standard InChI is InChI=1S/C16H19FN2O2/c1-3-10-19-12-7-5-6-11(17)13(12)18-14(19)16(8-9-16)15(20)21-4-2/h5-7H,3-4,8-10H2,1-2H3. The number of fused-ring (bicyclic) bond motifs is 1. The number of carbonyl (C=O) groups is 1. The van der Waals surface area contributed by atoms with Crippen LogP contribution in [0, 0.1) is 5.82 Å². The van der Waals surface area contributed by atoms with Gasteiger partial charge in [0.05, 0.1) is 12.1 Å². The maximum Gasteiger partial charge on any atom is 0.319 e. The van der Waals surface area contributed by atoms with Gasteiger partial charge in [0.15, 0.2) is 5.82 Å². The lowest BCUT2D eigenvalue weighted by Gasteiger charge is -2.15. The highest BCUT2D eigenvalue weighted by Gasteiger charge is 2.56. The lowest BCUT2D eigenvalue weighted by molar-refractivity contribution is -0.146. The minimum atomic E-state index is -0.670. The highest BCUT2D eigenvalue weighted by Crippen LogP contribution is 2.49. The summed E-state index contributed by atoms with van der Waals surface area (Å²) in [6, 6.07) is 4.93. The smallest absolute Gasteiger partial charge is 0.319 e. The van der Waals surface area contributed by atoms with E-state index in [1.54, 1.807) is 13.0 Å². The molecule has 1 heterocycles. The number of aromatic nitrogens is 2. The molecule has 0 bridgehead atoms. The van der Waals surface area contributed by atoms with Crippen LogP contribution in [0.25, 0.3) is 11.0 Å². The second kappa shape index (κ2) is 5.13. The molecule has 1 aromatic carbocycles. The quantitative estimate of drug-likeness (QED) is 0.794. The maximum absolute atomic E-state index is 14.0. The lowest BCUT2D eigenvalue weighted by atomic mass is 10.1. The van der Waals surface area contributed by atoms with Crippen LogP contribution in [0.2, 0.25) is 0 Å². The van der Waals surface area contributed by atoms with Gasteiger partial charge >= 0.3 is 5.97 Å². The fourth-order valence-electron chi connectivity index (χ4n) is 2.84. The number of aryl methyl sites for hydroxylation is 1. The van der Waals surface area contributed by atoms with Gasteiger partial charge in [0.25, 0.3) is 0 Å². The van der Waals surface area contributed by atoms with Crippen molar-refractivity contribution in [3.8, 4) is 0 Å². The number of nitrogens with zero attached hydrogens (tertiary/aromatic N) is 2. The predicted octanol–water partition coefficient (Wildman–Crippen LogP) is 3.18. The van der Waals surface area contributed by atoms with Crippen molar-refractivity contribution in [2.24, 2.45) is 0 Å². The van der Waals surface area contributed by atoms with Crippen LogP contribution in [-0.4, -0.2) is 22.1 Å². The molecule has 1 aliphatic carbocycles. The van der Waals surface area contributed by atoms with Crippen LogP contribution in [-0.2, 0) is 21.5 Å². The number of esters is 1. The molecule has 3 rings (SSSR count). The van der Waals surface area contributed by atoms with E-state index in [2.05, 4.69) is 11.9 Å². The molecule has 0 atom stereocenters. The van der Waals surface area contributed by atoms with E-state index in [1.165, 1.54) is 6.07 Å². The van der Waals surface area contributed by atoms with E-state index < -0.39 is 5.41 Å². The number of halogens is 1. The molecule has 1 aromatic heterocycles. The SMILES string of the molecule is CCCn1c(C2(C(=O)OCC)CC2)nc2c(F)cccc21. The van der Waals surface area contributed by atoms with E-state index in [1.807, 2.05) is 10.6 Å². The van der Waals surface area contributed by atoms with E-state index in [0.29, 0.717) is 17.9 Å². The highest BCUT2D eigenvalue weighted by atomic mass is 19.1. The van der Waals surface area contributed by atoms with Gasteiger partial charge in [-0.3, -0.25) is 4.79 Å². The zero-order valence-electron chi connectivity index (χ0n) is 12.4. The molecule has 0 radical (unpaired) electrons. The molecular formula is C16H19FN2O2. The van der Waals surface area contributed by atoms with Gasteiger partial charge in [0.1, 0.15) is 16.8 Å². The van der Waals surface area contributed by atoms with Crippen molar-refractivity contribution in [1.29, 1.82) is 0 Å². The fourth-order valence-corrected chi connectivity index (χ4v) is 2.84. The number of ether oxygens (including phenoxy) is 1. The average Bonchev–Trinajstić information content (AvgIpc) is 3.19. The van der Waals surface area contributed by atoms with E-state index >= 15 is 0 Å². The number of imidazole rings is 1. The Morgan fingerprint density at radius 2 is 2.19 bits per heavy atom. The monoisotopic (exact) mass is 290 g/mol. The normalized spacial score (nSPS) is 16.1. The van der Waals surface area contributed by atoms with Gasteiger partial charge in [-0.2, -0.15) is 0 Å². The van der Waals surface area contributed by atoms with Gasteiger partial charge < -0.3 is 9.30 Å². The summed E-state index contributed by atoms with van der Waals surface area (Å²) < 4.78 is 21.2. The first kappa shape index (κ1) is 14.0. The Morgan fingerprint density at radius 1 is 1.43 bits per heavy atom. The van der Waals surface area contributed by atoms with Crippen LogP contribution >= 0.6 is 0 Å². The zero-order chi connectivity index (χ0) is 15.0. The number of hydrogen-bond acceptors (Lipinski definition) is 3. The molecule has 0 amide bonds. The van der Waals surface area contributed by atoms with Gasteiger partial charge in [-0.1, -0.05) is 13.0 Å². The van der Waals surface area contributed by atoms with Crippen molar-refractivity contribution in [3.05, 3.63) is 29.8 Å². The third-order valence-corrected chi connectivity index (χ3v) is 4.02. The Kier molecular flexibility index (Phi) is 3.43.